The van der Waals surface area contributed by atoms with Crippen LogP contribution >= 0.6 is 11.3 Å². The topological polar surface area (TPSA) is 99.6 Å². The summed E-state index contributed by atoms with van der Waals surface area (Å²) in [4.78, 5) is 19.5. The van der Waals surface area contributed by atoms with Gasteiger partial charge in [0.05, 0.1) is 28.8 Å². The number of rotatable bonds is 4. The van der Waals surface area contributed by atoms with E-state index < -0.39 is 11.9 Å². The van der Waals surface area contributed by atoms with E-state index in [1.54, 1.807) is 18.3 Å². The predicted octanol–water partition coefficient (Wildman–Crippen LogP) is 3.73. The van der Waals surface area contributed by atoms with Gasteiger partial charge in [-0.05, 0) is 18.2 Å². The maximum Gasteiger partial charge on any atom is 0.433 e. The summed E-state index contributed by atoms with van der Waals surface area (Å²) in [6.45, 7) is -0.176. The highest BCUT2D eigenvalue weighted by Gasteiger charge is 2.32. The summed E-state index contributed by atoms with van der Waals surface area (Å²) < 4.78 is 38.5. The molecule has 0 saturated carbocycles. The molecule has 0 spiro atoms. The molecule has 0 fully saturated rings. The highest BCUT2D eigenvalue weighted by atomic mass is 32.1. The summed E-state index contributed by atoms with van der Waals surface area (Å²) in [5.74, 6) is -0.171. The first-order chi connectivity index (χ1) is 12.9. The van der Waals surface area contributed by atoms with E-state index in [1.165, 1.54) is 17.7 Å². The van der Waals surface area contributed by atoms with Crippen LogP contribution in [0.25, 0.3) is 21.5 Å². The summed E-state index contributed by atoms with van der Waals surface area (Å²) in [5, 5.41) is 12.6. The SMILES string of the molecule is OCc1ncc(-c2cc(Nc3nccc(C(F)(F)F)n3)cc3[nH]cnc23)s1. The molecule has 0 unspecified atom stereocenters. The van der Waals surface area contributed by atoms with Crippen molar-refractivity contribution in [2.24, 2.45) is 0 Å². The molecule has 4 aromatic rings. The number of halogens is 3. The van der Waals surface area contributed by atoms with Crippen LogP contribution in [-0.2, 0) is 12.8 Å². The molecule has 0 radical (unpaired) electrons. The van der Waals surface area contributed by atoms with Crippen LogP contribution in [0.1, 0.15) is 10.7 Å². The number of H-pyrrole nitrogens is 1. The van der Waals surface area contributed by atoms with Crippen LogP contribution in [0.3, 0.4) is 0 Å². The third-order valence-electron chi connectivity index (χ3n) is 3.68. The molecule has 11 heteroatoms. The summed E-state index contributed by atoms with van der Waals surface area (Å²) in [6, 6.07) is 4.23. The summed E-state index contributed by atoms with van der Waals surface area (Å²) in [7, 11) is 0. The fraction of sp³-hybridized carbons (Fsp3) is 0.125. The number of anilines is 2. The molecule has 0 bridgehead atoms. The van der Waals surface area contributed by atoms with E-state index in [4.69, 9.17) is 0 Å². The average Bonchev–Trinajstić information content (AvgIpc) is 3.29. The number of fused-ring (bicyclic) bond motifs is 1. The number of nitrogens with one attached hydrogen (secondary N) is 2. The number of imidazole rings is 1. The minimum Gasteiger partial charge on any atom is -0.389 e. The lowest BCUT2D eigenvalue weighted by atomic mass is 10.1. The number of aliphatic hydroxyl groups excluding tert-OH is 1. The van der Waals surface area contributed by atoms with Crippen LogP contribution < -0.4 is 5.32 Å². The number of aromatic nitrogens is 5. The van der Waals surface area contributed by atoms with E-state index in [-0.39, 0.29) is 12.6 Å². The lowest BCUT2D eigenvalue weighted by Gasteiger charge is -2.10. The number of thiazole rings is 1. The van der Waals surface area contributed by atoms with Gasteiger partial charge in [0.15, 0.2) is 0 Å². The van der Waals surface area contributed by atoms with Crippen molar-refractivity contribution in [3.05, 3.63) is 47.6 Å². The molecule has 0 atom stereocenters. The number of aliphatic hydroxyl groups is 1. The Balaban J connectivity index is 1.75. The summed E-state index contributed by atoms with van der Waals surface area (Å²) in [6.07, 6.45) is -0.372. The Bertz CT molecular complexity index is 1110. The molecule has 138 valence electrons. The Hall–Kier alpha value is -3.05. The molecule has 0 aliphatic rings. The highest BCUT2D eigenvalue weighted by molar-refractivity contribution is 7.15. The van der Waals surface area contributed by atoms with E-state index in [1.807, 2.05) is 0 Å². The molecule has 0 aliphatic carbocycles. The van der Waals surface area contributed by atoms with E-state index in [9.17, 15) is 18.3 Å². The zero-order valence-electron chi connectivity index (χ0n) is 13.4. The molecule has 27 heavy (non-hydrogen) atoms. The third-order valence-corrected chi connectivity index (χ3v) is 4.70. The van der Waals surface area contributed by atoms with Crippen molar-refractivity contribution in [1.29, 1.82) is 0 Å². The van der Waals surface area contributed by atoms with Gasteiger partial charge in [0.2, 0.25) is 5.95 Å². The van der Waals surface area contributed by atoms with Crippen molar-refractivity contribution in [2.75, 3.05) is 5.32 Å². The summed E-state index contributed by atoms with van der Waals surface area (Å²) in [5.41, 5.74) is 1.54. The predicted molar refractivity (Wildman–Crippen MR) is 93.4 cm³/mol. The second-order valence-corrected chi connectivity index (χ2v) is 6.60. The van der Waals surface area contributed by atoms with Crippen LogP contribution in [0.5, 0.6) is 0 Å². The number of alkyl halides is 3. The Morgan fingerprint density at radius 3 is 2.78 bits per heavy atom. The number of hydrogen-bond donors (Lipinski definition) is 3. The number of aromatic amines is 1. The van der Waals surface area contributed by atoms with Crippen molar-refractivity contribution >= 4 is 34.0 Å². The van der Waals surface area contributed by atoms with Crippen LogP contribution in [0.2, 0.25) is 0 Å². The number of benzene rings is 1. The minimum absolute atomic E-state index is 0.171. The van der Waals surface area contributed by atoms with Gasteiger partial charge in [0, 0.05) is 23.6 Å². The maximum atomic E-state index is 12.8. The zero-order valence-corrected chi connectivity index (χ0v) is 14.3. The smallest absolute Gasteiger partial charge is 0.389 e. The fourth-order valence-electron chi connectivity index (χ4n) is 2.52. The van der Waals surface area contributed by atoms with Gasteiger partial charge >= 0.3 is 6.18 Å². The van der Waals surface area contributed by atoms with Gasteiger partial charge in [-0.2, -0.15) is 13.2 Å². The zero-order chi connectivity index (χ0) is 19.0. The monoisotopic (exact) mass is 392 g/mol. The second-order valence-electron chi connectivity index (χ2n) is 5.49. The van der Waals surface area contributed by atoms with Crippen LogP contribution in [0.15, 0.2) is 36.9 Å². The standard InChI is InChI=1S/C16H11F3N6OS/c17-16(18,19)12-1-2-20-15(25-12)24-8-3-9(11-5-21-13(6-26)27-11)14-10(4-8)22-7-23-14/h1-5,7,26H,6H2,(H,22,23)(H,20,24,25). The molecule has 0 aliphatic heterocycles. The Morgan fingerprint density at radius 2 is 2.04 bits per heavy atom. The molecular weight excluding hydrogens is 381 g/mol. The van der Waals surface area contributed by atoms with Crippen molar-refractivity contribution in [3.63, 3.8) is 0 Å². The first kappa shape index (κ1) is 17.4. The molecule has 0 amide bonds. The fourth-order valence-corrected chi connectivity index (χ4v) is 3.32. The van der Waals surface area contributed by atoms with E-state index in [0.29, 0.717) is 21.7 Å². The molecular formula is C16H11F3N6OS. The van der Waals surface area contributed by atoms with Gasteiger partial charge in [0.25, 0.3) is 0 Å². The molecule has 0 saturated heterocycles. The van der Waals surface area contributed by atoms with Crippen LogP contribution in [-0.4, -0.2) is 30.0 Å². The lowest BCUT2D eigenvalue weighted by molar-refractivity contribution is -0.141. The van der Waals surface area contributed by atoms with Gasteiger partial charge in [-0.25, -0.2) is 19.9 Å². The van der Waals surface area contributed by atoms with Crippen LogP contribution in [0.4, 0.5) is 24.8 Å². The van der Waals surface area contributed by atoms with Gasteiger partial charge in [-0.1, -0.05) is 0 Å². The average molecular weight is 392 g/mol. The highest BCUT2D eigenvalue weighted by Crippen LogP contribution is 2.34. The maximum absolute atomic E-state index is 12.8. The van der Waals surface area contributed by atoms with E-state index in [2.05, 4.69) is 30.2 Å². The van der Waals surface area contributed by atoms with E-state index in [0.717, 1.165) is 22.7 Å². The van der Waals surface area contributed by atoms with Gasteiger partial charge in [-0.3, -0.25) is 0 Å². The number of nitrogens with zero attached hydrogens (tertiary/aromatic N) is 4. The lowest BCUT2D eigenvalue weighted by Crippen LogP contribution is -2.10. The number of hydrogen-bond acceptors (Lipinski definition) is 7. The normalized spacial score (nSPS) is 11.9. The first-order valence-corrected chi connectivity index (χ1v) is 8.46. The second kappa shape index (κ2) is 6.59. The largest absolute Gasteiger partial charge is 0.433 e. The molecule has 7 nitrogen and oxygen atoms in total. The quantitative estimate of drug-likeness (QED) is 0.489. The van der Waals surface area contributed by atoms with Gasteiger partial charge < -0.3 is 15.4 Å². The third kappa shape index (κ3) is 3.46. The van der Waals surface area contributed by atoms with Crippen molar-refractivity contribution in [1.82, 2.24) is 24.9 Å². The summed E-state index contributed by atoms with van der Waals surface area (Å²) >= 11 is 1.30. The Morgan fingerprint density at radius 1 is 1.19 bits per heavy atom. The minimum atomic E-state index is -4.55. The van der Waals surface area contributed by atoms with Crippen molar-refractivity contribution < 1.29 is 18.3 Å². The van der Waals surface area contributed by atoms with Crippen LogP contribution in [0, 0.1) is 0 Å². The molecule has 3 aromatic heterocycles. The van der Waals surface area contributed by atoms with Gasteiger partial charge in [0.1, 0.15) is 10.7 Å². The van der Waals surface area contributed by atoms with E-state index >= 15 is 0 Å². The van der Waals surface area contributed by atoms with Crippen molar-refractivity contribution in [2.45, 2.75) is 12.8 Å². The molecule has 4 rings (SSSR count). The molecule has 3 N–H and O–H groups in total. The van der Waals surface area contributed by atoms with Crippen molar-refractivity contribution in [3.8, 4) is 10.4 Å². The Labute approximate surface area is 154 Å². The molecule has 1 aromatic carbocycles. The molecule has 3 heterocycles. The Kier molecular flexibility index (Phi) is 4.24. The van der Waals surface area contributed by atoms with Gasteiger partial charge in [-0.15, -0.1) is 11.3 Å². The first-order valence-electron chi connectivity index (χ1n) is 7.64.